The number of aromatic nitrogens is 1. The number of piperidine rings is 1. The smallest absolute Gasteiger partial charge is 0.368 e. The van der Waals surface area contributed by atoms with Gasteiger partial charge in [0.25, 0.3) is 0 Å². The number of para-hydroxylation sites is 1. The van der Waals surface area contributed by atoms with Gasteiger partial charge in [0.2, 0.25) is 5.91 Å². The summed E-state index contributed by atoms with van der Waals surface area (Å²) in [6.45, 7) is 4.08. The fourth-order valence-electron chi connectivity index (χ4n) is 4.24. The number of rotatable bonds is 3. The van der Waals surface area contributed by atoms with Crippen LogP contribution < -0.4 is 9.80 Å². The van der Waals surface area contributed by atoms with Gasteiger partial charge in [0.1, 0.15) is 5.82 Å². The molecule has 2 aliphatic heterocycles. The lowest BCUT2D eigenvalue weighted by molar-refractivity contribution is -0.138. The van der Waals surface area contributed by atoms with Crippen LogP contribution in [0.15, 0.2) is 42.6 Å². The molecule has 1 aromatic carbocycles. The molecular weight excluding hydrogens is 429 g/mol. The van der Waals surface area contributed by atoms with Crippen molar-refractivity contribution in [2.24, 2.45) is 5.92 Å². The molecule has 31 heavy (non-hydrogen) atoms. The van der Waals surface area contributed by atoms with Crippen LogP contribution in [-0.2, 0) is 11.0 Å². The summed E-state index contributed by atoms with van der Waals surface area (Å²) in [4.78, 5) is 23.0. The first-order valence-corrected chi connectivity index (χ1v) is 10.8. The first kappa shape index (κ1) is 21.7. The number of alkyl halides is 3. The zero-order valence-corrected chi connectivity index (χ0v) is 17.7. The van der Waals surface area contributed by atoms with Crippen LogP contribution in [0.4, 0.5) is 24.7 Å². The Morgan fingerprint density at radius 3 is 2.19 bits per heavy atom. The predicted octanol–water partition coefficient (Wildman–Crippen LogP) is 4.32. The summed E-state index contributed by atoms with van der Waals surface area (Å²) in [7, 11) is 0. The van der Waals surface area contributed by atoms with Gasteiger partial charge in [-0.25, -0.2) is 4.98 Å². The van der Waals surface area contributed by atoms with Crippen LogP contribution in [0.2, 0.25) is 5.02 Å². The first-order valence-electron chi connectivity index (χ1n) is 10.4. The van der Waals surface area contributed by atoms with Gasteiger partial charge in [-0.05, 0) is 31.0 Å². The summed E-state index contributed by atoms with van der Waals surface area (Å²) in [5.74, 6) is 0.434. The number of pyridine rings is 1. The molecule has 0 aliphatic carbocycles. The Morgan fingerprint density at radius 1 is 0.968 bits per heavy atom. The van der Waals surface area contributed by atoms with Gasteiger partial charge in [-0.15, -0.1) is 0 Å². The Morgan fingerprint density at radius 2 is 1.61 bits per heavy atom. The first-order chi connectivity index (χ1) is 14.8. The van der Waals surface area contributed by atoms with Crippen molar-refractivity contribution in [3.05, 3.63) is 53.2 Å². The largest absolute Gasteiger partial charge is 0.417 e. The van der Waals surface area contributed by atoms with Crippen molar-refractivity contribution in [2.45, 2.75) is 19.0 Å². The van der Waals surface area contributed by atoms with E-state index < -0.39 is 11.7 Å². The standard InChI is InChI=1S/C22H24ClF3N4O/c23-19-14-17(22(24,25)26)15-27-20(19)29-8-6-16(7-9-29)21(31)30-12-10-28(11-13-30)18-4-2-1-3-5-18/h1-5,14-16H,6-13H2. The summed E-state index contributed by atoms with van der Waals surface area (Å²) in [6.07, 6.45) is -2.39. The predicted molar refractivity (Wildman–Crippen MR) is 114 cm³/mol. The topological polar surface area (TPSA) is 39.7 Å². The van der Waals surface area contributed by atoms with Gasteiger partial charge < -0.3 is 14.7 Å². The minimum absolute atomic E-state index is 0.0170. The zero-order chi connectivity index (χ0) is 22.0. The number of amides is 1. The van der Waals surface area contributed by atoms with Crippen LogP contribution in [-0.4, -0.2) is 55.1 Å². The van der Waals surface area contributed by atoms with E-state index in [4.69, 9.17) is 11.6 Å². The van der Waals surface area contributed by atoms with Crippen molar-refractivity contribution in [1.29, 1.82) is 0 Å². The second-order valence-corrected chi connectivity index (χ2v) is 8.34. The average molecular weight is 453 g/mol. The lowest BCUT2D eigenvalue weighted by atomic mass is 9.95. The molecule has 2 aromatic rings. The highest BCUT2D eigenvalue weighted by molar-refractivity contribution is 6.33. The second kappa shape index (κ2) is 8.94. The molecule has 0 saturated carbocycles. The molecule has 2 aliphatic rings. The monoisotopic (exact) mass is 452 g/mol. The van der Waals surface area contributed by atoms with Crippen molar-refractivity contribution in [3.63, 3.8) is 0 Å². The maximum absolute atomic E-state index is 13.0. The molecular formula is C22H24ClF3N4O. The van der Waals surface area contributed by atoms with Crippen LogP contribution in [0.1, 0.15) is 18.4 Å². The lowest BCUT2D eigenvalue weighted by Gasteiger charge is -2.39. The summed E-state index contributed by atoms with van der Waals surface area (Å²) in [5.41, 5.74) is 0.310. The molecule has 0 bridgehead atoms. The quantitative estimate of drug-likeness (QED) is 0.695. The molecule has 0 N–H and O–H groups in total. The number of halogens is 4. The van der Waals surface area contributed by atoms with Crippen LogP contribution in [0, 0.1) is 5.92 Å². The number of piperazine rings is 1. The van der Waals surface area contributed by atoms with Gasteiger partial charge in [-0.3, -0.25) is 4.79 Å². The third-order valence-electron chi connectivity index (χ3n) is 6.01. The fraction of sp³-hybridized carbons (Fsp3) is 0.455. The molecule has 1 amide bonds. The highest BCUT2D eigenvalue weighted by Crippen LogP contribution is 2.35. The van der Waals surface area contributed by atoms with Crippen LogP contribution in [0.3, 0.4) is 0 Å². The van der Waals surface area contributed by atoms with Crippen LogP contribution in [0.5, 0.6) is 0 Å². The molecule has 2 fully saturated rings. The second-order valence-electron chi connectivity index (χ2n) is 7.94. The number of benzene rings is 1. The summed E-state index contributed by atoms with van der Waals surface area (Å²) in [6, 6.07) is 11.1. The van der Waals surface area contributed by atoms with Gasteiger partial charge in [0, 0.05) is 57.1 Å². The maximum atomic E-state index is 13.0. The van der Waals surface area contributed by atoms with E-state index in [9.17, 15) is 18.0 Å². The SMILES string of the molecule is O=C(C1CCN(c2ncc(C(F)(F)F)cc2Cl)CC1)N1CCN(c2ccccc2)CC1. The van der Waals surface area contributed by atoms with E-state index in [1.165, 1.54) is 5.69 Å². The molecule has 0 unspecified atom stereocenters. The van der Waals surface area contributed by atoms with E-state index in [-0.39, 0.29) is 16.8 Å². The van der Waals surface area contributed by atoms with Gasteiger partial charge in [0.05, 0.1) is 10.6 Å². The molecule has 4 rings (SSSR count). The summed E-state index contributed by atoms with van der Waals surface area (Å²) in [5, 5.41) is -0.0170. The Hall–Kier alpha value is -2.48. The lowest BCUT2D eigenvalue weighted by Crippen LogP contribution is -2.51. The Balaban J connectivity index is 1.31. The number of carbonyl (C=O) groups excluding carboxylic acids is 1. The van der Waals surface area contributed by atoms with E-state index in [1.54, 1.807) is 0 Å². The third-order valence-corrected chi connectivity index (χ3v) is 6.28. The van der Waals surface area contributed by atoms with Crippen LogP contribution in [0.25, 0.3) is 0 Å². The number of hydrogen-bond acceptors (Lipinski definition) is 4. The molecule has 5 nitrogen and oxygen atoms in total. The van der Waals surface area contributed by atoms with Crippen molar-refractivity contribution in [2.75, 3.05) is 49.1 Å². The van der Waals surface area contributed by atoms with Gasteiger partial charge in [-0.1, -0.05) is 29.8 Å². The van der Waals surface area contributed by atoms with E-state index in [0.717, 1.165) is 25.4 Å². The van der Waals surface area contributed by atoms with Gasteiger partial charge in [0.15, 0.2) is 0 Å². The minimum Gasteiger partial charge on any atom is -0.368 e. The molecule has 3 heterocycles. The number of hydrogen-bond donors (Lipinski definition) is 0. The fourth-order valence-corrected chi connectivity index (χ4v) is 4.52. The molecule has 1 aromatic heterocycles. The number of anilines is 2. The number of carbonyl (C=O) groups is 1. The van der Waals surface area contributed by atoms with E-state index in [1.807, 2.05) is 28.0 Å². The summed E-state index contributed by atoms with van der Waals surface area (Å²) >= 11 is 6.07. The maximum Gasteiger partial charge on any atom is 0.417 e. The van der Waals surface area contributed by atoms with Gasteiger partial charge >= 0.3 is 6.18 Å². The van der Waals surface area contributed by atoms with E-state index >= 15 is 0 Å². The minimum atomic E-state index is -4.47. The highest BCUT2D eigenvalue weighted by Gasteiger charge is 2.34. The van der Waals surface area contributed by atoms with E-state index in [2.05, 4.69) is 22.0 Å². The van der Waals surface area contributed by atoms with Crippen LogP contribution >= 0.6 is 11.6 Å². The molecule has 9 heteroatoms. The van der Waals surface area contributed by atoms with Crippen molar-refractivity contribution in [1.82, 2.24) is 9.88 Å². The highest BCUT2D eigenvalue weighted by atomic mass is 35.5. The Kier molecular flexibility index (Phi) is 6.27. The van der Waals surface area contributed by atoms with Gasteiger partial charge in [-0.2, -0.15) is 13.2 Å². The van der Waals surface area contributed by atoms with Crippen molar-refractivity contribution in [3.8, 4) is 0 Å². The van der Waals surface area contributed by atoms with Crippen molar-refractivity contribution < 1.29 is 18.0 Å². The molecule has 166 valence electrons. The molecule has 0 atom stereocenters. The normalized spacial score (nSPS) is 18.4. The van der Waals surface area contributed by atoms with E-state index in [0.29, 0.717) is 44.8 Å². The number of nitrogens with zero attached hydrogens (tertiary/aromatic N) is 4. The van der Waals surface area contributed by atoms with Crippen molar-refractivity contribution >= 4 is 29.0 Å². The molecule has 0 radical (unpaired) electrons. The average Bonchev–Trinajstić information content (AvgIpc) is 2.79. The zero-order valence-electron chi connectivity index (χ0n) is 17.0. The summed E-state index contributed by atoms with van der Waals surface area (Å²) < 4.78 is 38.5. The molecule has 0 spiro atoms. The molecule has 2 saturated heterocycles. The third kappa shape index (κ3) is 4.89. The Labute approximate surface area is 184 Å². The Bertz CT molecular complexity index is 909.